The lowest BCUT2D eigenvalue weighted by atomic mass is 10.0. The second-order valence-corrected chi connectivity index (χ2v) is 8.43. The van der Waals surface area contributed by atoms with Crippen molar-refractivity contribution >= 4 is 20.9 Å². The molecule has 0 aliphatic carbocycles. The number of hydrogen-bond acceptors (Lipinski definition) is 4. The predicted octanol–water partition coefficient (Wildman–Crippen LogP) is 1.94. The molecule has 5 nitrogen and oxygen atoms in total. The lowest BCUT2D eigenvalue weighted by Crippen LogP contribution is -2.48. The van der Waals surface area contributed by atoms with Gasteiger partial charge in [0.05, 0.1) is 11.3 Å². The highest BCUT2D eigenvalue weighted by Gasteiger charge is 2.35. The van der Waals surface area contributed by atoms with E-state index in [1.165, 1.54) is 0 Å². The SMILES string of the molecule is O=S(=O)(Cc1cccc2cccnc12)NC1CC2CCC(C1)N2. The Morgan fingerprint density at radius 2 is 1.87 bits per heavy atom. The lowest BCUT2D eigenvalue weighted by Gasteiger charge is -2.29. The maximum atomic E-state index is 12.6. The van der Waals surface area contributed by atoms with Gasteiger partial charge in [0.1, 0.15) is 0 Å². The van der Waals surface area contributed by atoms with Crippen LogP contribution in [-0.4, -0.2) is 31.5 Å². The number of nitrogens with zero attached hydrogens (tertiary/aromatic N) is 1. The third-order valence-corrected chi connectivity index (χ3v) is 6.26. The second kappa shape index (κ2) is 5.85. The van der Waals surface area contributed by atoms with Crippen molar-refractivity contribution in [2.75, 3.05) is 0 Å². The first-order valence-corrected chi connectivity index (χ1v) is 9.83. The smallest absolute Gasteiger partial charge is 0.216 e. The molecule has 2 aliphatic rings. The summed E-state index contributed by atoms with van der Waals surface area (Å²) in [6.07, 6.45) is 5.82. The zero-order valence-corrected chi connectivity index (χ0v) is 13.7. The highest BCUT2D eigenvalue weighted by atomic mass is 32.2. The molecule has 4 rings (SSSR count). The van der Waals surface area contributed by atoms with Gasteiger partial charge in [-0.05, 0) is 37.3 Å². The van der Waals surface area contributed by atoms with Crippen LogP contribution in [0.2, 0.25) is 0 Å². The number of piperidine rings is 1. The summed E-state index contributed by atoms with van der Waals surface area (Å²) in [5.74, 6) is -0.0133. The van der Waals surface area contributed by atoms with Crippen LogP contribution in [0.4, 0.5) is 0 Å². The van der Waals surface area contributed by atoms with E-state index in [9.17, 15) is 8.42 Å². The van der Waals surface area contributed by atoms with Crippen molar-refractivity contribution in [3.05, 3.63) is 42.1 Å². The first kappa shape index (κ1) is 15.1. The molecule has 1 aromatic heterocycles. The van der Waals surface area contributed by atoms with Gasteiger partial charge in [0.15, 0.2) is 0 Å². The quantitative estimate of drug-likeness (QED) is 0.898. The normalized spacial score (nSPS) is 27.4. The summed E-state index contributed by atoms with van der Waals surface area (Å²) in [6.45, 7) is 0. The average molecular weight is 331 g/mol. The van der Waals surface area contributed by atoms with Crippen LogP contribution in [0.25, 0.3) is 10.9 Å². The van der Waals surface area contributed by atoms with E-state index < -0.39 is 10.0 Å². The van der Waals surface area contributed by atoms with Crippen LogP contribution in [0, 0.1) is 0 Å². The number of fused-ring (bicyclic) bond motifs is 3. The molecular formula is C17H21N3O2S. The molecule has 0 radical (unpaired) electrons. The zero-order chi connectivity index (χ0) is 15.9. The predicted molar refractivity (Wildman–Crippen MR) is 90.5 cm³/mol. The highest BCUT2D eigenvalue weighted by molar-refractivity contribution is 7.88. The Labute approximate surface area is 136 Å². The van der Waals surface area contributed by atoms with Gasteiger partial charge >= 0.3 is 0 Å². The molecular weight excluding hydrogens is 310 g/mol. The summed E-state index contributed by atoms with van der Waals surface area (Å²) >= 11 is 0. The van der Waals surface area contributed by atoms with Crippen molar-refractivity contribution in [3.8, 4) is 0 Å². The second-order valence-electron chi connectivity index (χ2n) is 6.68. The minimum Gasteiger partial charge on any atom is -0.311 e. The van der Waals surface area contributed by atoms with Crippen molar-refractivity contribution in [1.82, 2.24) is 15.0 Å². The van der Waals surface area contributed by atoms with Crippen LogP contribution >= 0.6 is 0 Å². The summed E-state index contributed by atoms with van der Waals surface area (Å²) in [7, 11) is -3.36. The van der Waals surface area contributed by atoms with E-state index in [4.69, 9.17) is 0 Å². The molecule has 2 saturated heterocycles. The van der Waals surface area contributed by atoms with Crippen LogP contribution in [0.15, 0.2) is 36.5 Å². The van der Waals surface area contributed by atoms with Crippen LogP contribution in [0.3, 0.4) is 0 Å². The van der Waals surface area contributed by atoms with E-state index in [1.54, 1.807) is 6.20 Å². The van der Waals surface area contributed by atoms with Gasteiger partial charge in [-0.1, -0.05) is 24.3 Å². The molecule has 2 fully saturated rings. The molecule has 0 spiro atoms. The van der Waals surface area contributed by atoms with Gasteiger partial charge in [-0.15, -0.1) is 0 Å². The monoisotopic (exact) mass is 331 g/mol. The molecule has 2 unspecified atom stereocenters. The van der Waals surface area contributed by atoms with E-state index in [0.29, 0.717) is 12.1 Å². The number of nitrogens with one attached hydrogen (secondary N) is 2. The number of para-hydroxylation sites is 1. The topological polar surface area (TPSA) is 71.1 Å². The lowest BCUT2D eigenvalue weighted by molar-refractivity contribution is 0.345. The highest BCUT2D eigenvalue weighted by Crippen LogP contribution is 2.27. The molecule has 2 aromatic rings. The Kier molecular flexibility index (Phi) is 3.83. The van der Waals surface area contributed by atoms with Gasteiger partial charge in [0.2, 0.25) is 10.0 Å². The van der Waals surface area contributed by atoms with Crippen LogP contribution in [0.1, 0.15) is 31.2 Å². The molecule has 122 valence electrons. The molecule has 1 aromatic carbocycles. The number of rotatable bonds is 4. The Morgan fingerprint density at radius 3 is 2.65 bits per heavy atom. The molecule has 2 bridgehead atoms. The maximum Gasteiger partial charge on any atom is 0.216 e. The number of hydrogen-bond donors (Lipinski definition) is 2. The van der Waals surface area contributed by atoms with Gasteiger partial charge in [-0.2, -0.15) is 0 Å². The molecule has 0 saturated carbocycles. The molecule has 2 N–H and O–H groups in total. The van der Waals surface area contributed by atoms with E-state index >= 15 is 0 Å². The van der Waals surface area contributed by atoms with Crippen LogP contribution < -0.4 is 10.0 Å². The first-order chi connectivity index (χ1) is 11.1. The Hall–Kier alpha value is -1.50. The maximum absolute atomic E-state index is 12.6. The molecule has 2 atom stereocenters. The van der Waals surface area contributed by atoms with Crippen molar-refractivity contribution in [2.24, 2.45) is 0 Å². The van der Waals surface area contributed by atoms with Crippen LogP contribution in [-0.2, 0) is 15.8 Å². The van der Waals surface area contributed by atoms with E-state index in [0.717, 1.165) is 42.1 Å². The first-order valence-electron chi connectivity index (χ1n) is 8.18. The van der Waals surface area contributed by atoms with Crippen molar-refractivity contribution < 1.29 is 8.42 Å². The number of benzene rings is 1. The van der Waals surface area contributed by atoms with Gasteiger partial charge < -0.3 is 5.32 Å². The van der Waals surface area contributed by atoms with Crippen LogP contribution in [0.5, 0.6) is 0 Å². The molecule has 23 heavy (non-hydrogen) atoms. The van der Waals surface area contributed by atoms with Gasteiger partial charge in [0.25, 0.3) is 0 Å². The molecule has 2 aliphatic heterocycles. The summed E-state index contributed by atoms with van der Waals surface area (Å²) in [5.41, 5.74) is 1.53. The summed E-state index contributed by atoms with van der Waals surface area (Å²) in [4.78, 5) is 4.34. The summed E-state index contributed by atoms with van der Waals surface area (Å²) < 4.78 is 28.1. The summed E-state index contributed by atoms with van der Waals surface area (Å²) in [5, 5.41) is 4.51. The van der Waals surface area contributed by atoms with E-state index in [1.807, 2.05) is 30.3 Å². The van der Waals surface area contributed by atoms with Gasteiger partial charge in [0, 0.05) is 29.7 Å². The van der Waals surface area contributed by atoms with Gasteiger partial charge in [-0.3, -0.25) is 4.98 Å². The van der Waals surface area contributed by atoms with Crippen molar-refractivity contribution in [1.29, 1.82) is 0 Å². The van der Waals surface area contributed by atoms with Gasteiger partial charge in [-0.25, -0.2) is 13.1 Å². The number of pyridine rings is 1. The Balaban J connectivity index is 1.52. The third kappa shape index (κ3) is 3.24. The number of sulfonamides is 1. The minimum atomic E-state index is -3.36. The van der Waals surface area contributed by atoms with E-state index in [-0.39, 0.29) is 11.8 Å². The third-order valence-electron chi connectivity index (χ3n) is 4.88. The fourth-order valence-corrected chi connectivity index (χ4v) is 5.36. The molecule has 6 heteroatoms. The number of aromatic nitrogens is 1. The molecule has 3 heterocycles. The fourth-order valence-electron chi connectivity index (χ4n) is 3.94. The standard InChI is InChI=1S/C17H21N3O2S/c21-23(22,20-16-9-14-6-7-15(10-16)19-14)11-13-4-1-3-12-5-2-8-18-17(12)13/h1-5,8,14-16,19-20H,6-7,9-11H2. The van der Waals surface area contributed by atoms with E-state index in [2.05, 4.69) is 15.0 Å². The fraction of sp³-hybridized carbons (Fsp3) is 0.471. The average Bonchev–Trinajstić information content (AvgIpc) is 2.86. The largest absolute Gasteiger partial charge is 0.311 e. The van der Waals surface area contributed by atoms with Crippen molar-refractivity contribution in [3.63, 3.8) is 0 Å². The molecule has 0 amide bonds. The zero-order valence-electron chi connectivity index (χ0n) is 12.9. The summed E-state index contributed by atoms with van der Waals surface area (Å²) in [6, 6.07) is 10.5. The Bertz CT molecular complexity index is 804. The minimum absolute atomic E-state index is 0.0133. The Morgan fingerprint density at radius 1 is 1.13 bits per heavy atom. The van der Waals surface area contributed by atoms with Crippen molar-refractivity contribution in [2.45, 2.75) is 49.6 Å².